The van der Waals surface area contributed by atoms with Crippen molar-refractivity contribution in [3.63, 3.8) is 0 Å². The predicted octanol–water partition coefficient (Wildman–Crippen LogP) is 3.96. The summed E-state index contributed by atoms with van der Waals surface area (Å²) in [5.74, 6) is -0.682. The van der Waals surface area contributed by atoms with Crippen molar-refractivity contribution in [1.82, 2.24) is 19.8 Å². The van der Waals surface area contributed by atoms with Gasteiger partial charge in [0.1, 0.15) is 5.82 Å². The number of benzene rings is 1. The number of hydrogen-bond acceptors (Lipinski definition) is 6. The van der Waals surface area contributed by atoms with Gasteiger partial charge in [-0.05, 0) is 30.7 Å². The van der Waals surface area contributed by atoms with Crippen LogP contribution in [0, 0.1) is 0 Å². The fourth-order valence-corrected chi connectivity index (χ4v) is 3.96. The summed E-state index contributed by atoms with van der Waals surface area (Å²) < 4.78 is 71.8. The van der Waals surface area contributed by atoms with E-state index in [0.717, 1.165) is 12.1 Å². The molecule has 0 saturated carbocycles. The van der Waals surface area contributed by atoms with E-state index in [1.165, 1.54) is 11.0 Å². The molecule has 3 heterocycles. The zero-order valence-corrected chi connectivity index (χ0v) is 18.2. The number of halogens is 5. The van der Waals surface area contributed by atoms with Gasteiger partial charge >= 0.3 is 12.2 Å². The number of nitrogens with two attached hydrogens (primary N) is 1. The molecule has 184 valence electrons. The first kappa shape index (κ1) is 23.9. The quantitative estimate of drug-likeness (QED) is 0.502. The number of fused-ring (bicyclic) bond motifs is 1. The average molecular weight is 486 g/mol. The van der Waals surface area contributed by atoms with Crippen LogP contribution in [0.25, 0.3) is 0 Å². The highest BCUT2D eigenvalue weighted by Gasteiger charge is 2.34. The van der Waals surface area contributed by atoms with Crippen LogP contribution in [-0.4, -0.2) is 52.1 Å². The summed E-state index contributed by atoms with van der Waals surface area (Å²) in [5.41, 5.74) is 5.57. The Morgan fingerprint density at radius 2 is 1.82 bits per heavy atom. The van der Waals surface area contributed by atoms with E-state index < -0.39 is 30.0 Å². The highest BCUT2D eigenvalue weighted by Crippen LogP contribution is 2.35. The maximum absolute atomic E-state index is 13.5. The third-order valence-corrected chi connectivity index (χ3v) is 5.71. The number of hydrogen-bond donors (Lipinski definition) is 2. The molecule has 0 bridgehead atoms. The number of morpholine rings is 1. The summed E-state index contributed by atoms with van der Waals surface area (Å²) in [7, 11) is 0. The second kappa shape index (κ2) is 9.20. The number of rotatable bonds is 4. The number of nitrogens with one attached hydrogen (secondary N) is 1. The molecular weight excluding hydrogens is 463 g/mol. The van der Waals surface area contributed by atoms with Gasteiger partial charge in [0.15, 0.2) is 5.82 Å². The summed E-state index contributed by atoms with van der Waals surface area (Å²) in [6.45, 7) is 3.31. The first-order chi connectivity index (χ1) is 16.0. The number of ether oxygens (including phenoxy) is 1. The van der Waals surface area contributed by atoms with E-state index in [-0.39, 0.29) is 41.9 Å². The third kappa shape index (κ3) is 4.98. The van der Waals surface area contributed by atoms with E-state index in [2.05, 4.69) is 15.3 Å². The Labute approximate surface area is 191 Å². The minimum Gasteiger partial charge on any atom is -0.399 e. The van der Waals surface area contributed by atoms with Gasteiger partial charge in [0.2, 0.25) is 0 Å². The lowest BCUT2D eigenvalue weighted by molar-refractivity contribution is -0.137. The van der Waals surface area contributed by atoms with Gasteiger partial charge in [0.05, 0.1) is 43.6 Å². The van der Waals surface area contributed by atoms with Crippen LogP contribution in [0.5, 0.6) is 0 Å². The molecule has 0 aliphatic carbocycles. The van der Waals surface area contributed by atoms with Gasteiger partial charge in [0, 0.05) is 24.3 Å². The van der Waals surface area contributed by atoms with E-state index in [0.29, 0.717) is 31.9 Å². The lowest BCUT2D eigenvalue weighted by Crippen LogP contribution is -2.46. The zero-order valence-electron chi connectivity index (χ0n) is 18.2. The molecule has 1 aromatic heterocycles. The summed E-state index contributed by atoms with van der Waals surface area (Å²) in [6.07, 6.45) is -7.56. The predicted molar refractivity (Wildman–Crippen MR) is 112 cm³/mol. The second-order valence-corrected chi connectivity index (χ2v) is 8.15. The van der Waals surface area contributed by atoms with Crippen LogP contribution in [0.3, 0.4) is 0 Å². The van der Waals surface area contributed by atoms with E-state index in [1.807, 2.05) is 0 Å². The van der Waals surface area contributed by atoms with Crippen LogP contribution < -0.4 is 11.1 Å². The molecule has 34 heavy (non-hydrogen) atoms. The van der Waals surface area contributed by atoms with Crippen molar-refractivity contribution >= 4 is 17.5 Å². The van der Waals surface area contributed by atoms with E-state index in [1.54, 1.807) is 11.8 Å². The van der Waals surface area contributed by atoms with Crippen LogP contribution in [0.15, 0.2) is 18.2 Å². The van der Waals surface area contributed by atoms with Crippen molar-refractivity contribution < 1.29 is 31.5 Å². The molecular formula is C21H23F5N6O2. The van der Waals surface area contributed by atoms with Gasteiger partial charge in [0.25, 0.3) is 6.43 Å². The van der Waals surface area contributed by atoms with Gasteiger partial charge < -0.3 is 25.6 Å². The topological polar surface area (TPSA) is 96.6 Å². The minimum atomic E-state index is -4.59. The Balaban J connectivity index is 1.61. The van der Waals surface area contributed by atoms with Crippen molar-refractivity contribution in [2.75, 3.05) is 37.4 Å². The number of urea groups is 1. The molecule has 1 fully saturated rings. The molecule has 8 nitrogen and oxygen atoms in total. The summed E-state index contributed by atoms with van der Waals surface area (Å²) >= 11 is 0. The van der Waals surface area contributed by atoms with Gasteiger partial charge in [-0.2, -0.15) is 13.2 Å². The van der Waals surface area contributed by atoms with E-state index in [4.69, 9.17) is 10.5 Å². The van der Waals surface area contributed by atoms with E-state index >= 15 is 0 Å². The first-order valence-electron chi connectivity index (χ1n) is 10.6. The first-order valence-corrected chi connectivity index (χ1v) is 10.6. The van der Waals surface area contributed by atoms with Crippen LogP contribution in [0.1, 0.15) is 47.6 Å². The van der Waals surface area contributed by atoms with Gasteiger partial charge in [-0.25, -0.2) is 23.5 Å². The van der Waals surface area contributed by atoms with Crippen LogP contribution >= 0.6 is 0 Å². The summed E-state index contributed by atoms with van der Waals surface area (Å²) in [5, 5.41) is 2.92. The Bertz CT molecular complexity index is 1070. The molecule has 4 rings (SSSR count). The smallest absolute Gasteiger partial charge is 0.399 e. The van der Waals surface area contributed by atoms with Gasteiger partial charge in [-0.15, -0.1) is 0 Å². The molecule has 1 saturated heterocycles. The Morgan fingerprint density at radius 1 is 1.12 bits per heavy atom. The molecule has 0 radical (unpaired) electrons. The number of anilines is 2. The fraction of sp³-hybridized carbons (Fsp3) is 0.476. The summed E-state index contributed by atoms with van der Waals surface area (Å²) in [6, 6.07) is 2.11. The highest BCUT2D eigenvalue weighted by molar-refractivity contribution is 5.76. The number of alkyl halides is 5. The lowest BCUT2D eigenvalue weighted by Gasteiger charge is -2.30. The monoisotopic (exact) mass is 486 g/mol. The van der Waals surface area contributed by atoms with Gasteiger partial charge in [-0.1, -0.05) is 0 Å². The summed E-state index contributed by atoms with van der Waals surface area (Å²) in [4.78, 5) is 23.8. The third-order valence-electron chi connectivity index (χ3n) is 5.71. The Morgan fingerprint density at radius 3 is 2.47 bits per heavy atom. The van der Waals surface area contributed by atoms with E-state index in [9.17, 15) is 26.7 Å². The molecule has 1 aromatic carbocycles. The van der Waals surface area contributed by atoms with Crippen molar-refractivity contribution in [3.8, 4) is 0 Å². The number of nitrogen functional groups attached to an aromatic ring is 1. The maximum atomic E-state index is 13.5. The SMILES string of the molecule is C[C@@H](Nc1nc(C(F)F)nc2c1CN(C(=O)N1CCOCC1)C2)c1cc(N)cc(C(F)(F)F)c1. The molecule has 13 heteroatoms. The Hall–Kier alpha value is -3.22. The van der Waals surface area contributed by atoms with Crippen LogP contribution in [0.4, 0.5) is 38.3 Å². The number of aromatic nitrogens is 2. The van der Waals surface area contributed by atoms with Crippen molar-refractivity contribution in [2.24, 2.45) is 0 Å². The fourth-order valence-electron chi connectivity index (χ4n) is 3.96. The second-order valence-electron chi connectivity index (χ2n) is 8.15. The standard InChI is InChI=1S/C21H23F5N6O2/c1-11(12-6-13(21(24,25)26)8-14(27)7-12)28-18-15-9-32(20(33)31-2-4-34-5-3-31)10-16(15)29-19(30-18)17(22)23/h6-8,11,17H,2-5,9-10,27H2,1H3,(H,28,29,30)/t11-/m1/s1. The minimum absolute atomic E-state index is 0.0212. The molecule has 2 aliphatic heterocycles. The lowest BCUT2D eigenvalue weighted by atomic mass is 10.0. The number of nitrogens with zero attached hydrogens (tertiary/aromatic N) is 4. The number of amides is 2. The average Bonchev–Trinajstić information content (AvgIpc) is 3.22. The molecule has 2 aromatic rings. The van der Waals surface area contributed by atoms with Crippen LogP contribution in [0.2, 0.25) is 0 Å². The van der Waals surface area contributed by atoms with Crippen molar-refractivity contribution in [2.45, 2.75) is 38.7 Å². The molecule has 2 amide bonds. The van der Waals surface area contributed by atoms with Crippen LogP contribution in [-0.2, 0) is 24.0 Å². The zero-order chi connectivity index (χ0) is 24.6. The molecule has 0 spiro atoms. The molecule has 2 aliphatic rings. The molecule has 3 N–H and O–H groups in total. The largest absolute Gasteiger partial charge is 0.416 e. The number of carbonyl (C=O) groups excluding carboxylic acids is 1. The van der Waals surface area contributed by atoms with Crippen molar-refractivity contribution in [1.29, 1.82) is 0 Å². The Kier molecular flexibility index (Phi) is 6.47. The highest BCUT2D eigenvalue weighted by atomic mass is 19.4. The molecule has 1 atom stereocenters. The normalized spacial score (nSPS) is 17.1. The van der Waals surface area contributed by atoms with Gasteiger partial charge in [-0.3, -0.25) is 0 Å². The molecule has 0 unspecified atom stereocenters. The number of carbonyl (C=O) groups is 1. The van der Waals surface area contributed by atoms with Crippen molar-refractivity contribution in [3.05, 3.63) is 46.4 Å². The maximum Gasteiger partial charge on any atom is 0.416 e.